The Morgan fingerprint density at radius 1 is 1.15 bits per heavy atom. The van der Waals surface area contributed by atoms with Gasteiger partial charge in [-0.1, -0.05) is 24.0 Å². The number of carbonyl (C=O) groups excluding carboxylic acids is 2. The number of halogens is 3. The molecule has 1 heterocycles. The molecule has 34 heavy (non-hydrogen) atoms. The minimum absolute atomic E-state index is 0.0416. The highest BCUT2D eigenvalue weighted by Crippen LogP contribution is 2.22. The first-order valence-electron chi connectivity index (χ1n) is 9.88. The van der Waals surface area contributed by atoms with Gasteiger partial charge in [0.05, 0.1) is 45.0 Å². The van der Waals surface area contributed by atoms with Crippen LogP contribution < -0.4 is 4.72 Å². The highest BCUT2D eigenvalue weighted by atomic mass is 32.2. The number of rotatable bonds is 7. The Balaban J connectivity index is 2.18. The molecule has 0 radical (unpaired) electrons. The number of sulfonamides is 1. The number of benzene rings is 1. The summed E-state index contributed by atoms with van der Waals surface area (Å²) in [6.07, 6.45) is -6.10. The van der Waals surface area contributed by atoms with Crippen molar-refractivity contribution in [1.29, 1.82) is 0 Å². The van der Waals surface area contributed by atoms with E-state index < -0.39 is 40.6 Å². The van der Waals surface area contributed by atoms with Crippen LogP contribution in [-0.2, 0) is 24.3 Å². The van der Waals surface area contributed by atoms with Crippen LogP contribution in [0.2, 0.25) is 0 Å². The lowest BCUT2D eigenvalue weighted by molar-refractivity contribution is -0.871. The maximum atomic E-state index is 12.9. The fraction of sp³-hybridized carbons (Fsp3) is 0.364. The second kappa shape index (κ2) is 10.7. The molecule has 2 aromatic rings. The van der Waals surface area contributed by atoms with Crippen LogP contribution in [0.25, 0.3) is 0 Å². The minimum atomic E-state index is -5.34. The number of carbonyl (C=O) groups is 2. The minimum Gasteiger partial charge on any atom is -0.386 e. The van der Waals surface area contributed by atoms with Gasteiger partial charge in [0.15, 0.2) is 0 Å². The van der Waals surface area contributed by atoms with Crippen molar-refractivity contribution in [3.8, 4) is 11.8 Å². The Labute approximate surface area is 200 Å². The van der Waals surface area contributed by atoms with Crippen molar-refractivity contribution < 1.29 is 40.4 Å². The van der Waals surface area contributed by atoms with Gasteiger partial charge in [-0.15, -0.1) is 11.3 Å². The zero-order valence-electron chi connectivity index (χ0n) is 18.9. The normalized spacial score (nSPS) is 13.0. The van der Waals surface area contributed by atoms with Gasteiger partial charge in [-0.05, 0) is 36.8 Å². The number of quaternary nitrogens is 1. The van der Waals surface area contributed by atoms with E-state index in [2.05, 4.69) is 21.3 Å². The molecule has 0 amide bonds. The lowest BCUT2D eigenvalue weighted by Crippen LogP contribution is -2.49. The van der Waals surface area contributed by atoms with E-state index in [1.54, 1.807) is 21.1 Å². The van der Waals surface area contributed by atoms with Crippen LogP contribution in [-0.4, -0.2) is 64.7 Å². The molecule has 12 heteroatoms. The summed E-state index contributed by atoms with van der Waals surface area (Å²) >= 11 is 0.908. The van der Waals surface area contributed by atoms with Gasteiger partial charge in [0.25, 0.3) is 10.0 Å². The third kappa shape index (κ3) is 8.90. The van der Waals surface area contributed by atoms with E-state index in [-0.39, 0.29) is 15.2 Å². The van der Waals surface area contributed by atoms with Crippen molar-refractivity contribution in [2.45, 2.75) is 29.8 Å². The summed E-state index contributed by atoms with van der Waals surface area (Å²) in [6, 6.07) is 9.25. The molecule has 0 saturated heterocycles. The number of ether oxygens (including phenoxy) is 1. The molecule has 0 unspecified atom stereocenters. The van der Waals surface area contributed by atoms with Crippen LogP contribution in [0.3, 0.4) is 0 Å². The third-order valence-electron chi connectivity index (χ3n) is 4.14. The molecular formula is C22H24F3N2O5S2+. The Morgan fingerprint density at radius 3 is 2.41 bits per heavy atom. The quantitative estimate of drug-likeness (QED) is 0.264. The first-order chi connectivity index (χ1) is 15.5. The zero-order chi connectivity index (χ0) is 25.7. The van der Waals surface area contributed by atoms with E-state index in [0.717, 1.165) is 22.5 Å². The standard InChI is InChI=1S/C22H24F3N2O5S2/c1-15-6-5-7-16(12-15)8-9-18-10-11-20(33-18)34(30,31)26-17(14-27(2,3)4)13-19(28)32-21(29)22(23,24)25/h5-7,10-12,17,26H,13-14H2,1-4H3/q+1/t17-/m1/s1. The average Bonchev–Trinajstić information content (AvgIpc) is 3.14. The lowest BCUT2D eigenvalue weighted by Gasteiger charge is -2.29. The van der Waals surface area contributed by atoms with Crippen molar-refractivity contribution in [2.24, 2.45) is 0 Å². The van der Waals surface area contributed by atoms with Gasteiger partial charge in [0.1, 0.15) is 4.21 Å². The Bertz CT molecular complexity index is 1220. The monoisotopic (exact) mass is 517 g/mol. The van der Waals surface area contributed by atoms with E-state index in [1.807, 2.05) is 31.2 Å². The molecule has 0 aliphatic heterocycles. The van der Waals surface area contributed by atoms with Crippen molar-refractivity contribution in [1.82, 2.24) is 4.72 Å². The first kappa shape index (κ1) is 27.5. The van der Waals surface area contributed by atoms with Crippen molar-refractivity contribution in [2.75, 3.05) is 27.7 Å². The highest BCUT2D eigenvalue weighted by molar-refractivity contribution is 7.91. The highest BCUT2D eigenvalue weighted by Gasteiger charge is 2.43. The molecule has 0 fully saturated rings. The van der Waals surface area contributed by atoms with Crippen molar-refractivity contribution in [3.63, 3.8) is 0 Å². The number of nitrogens with one attached hydrogen (secondary N) is 1. The lowest BCUT2D eigenvalue weighted by atomic mass is 10.1. The van der Waals surface area contributed by atoms with Crippen LogP contribution in [0.15, 0.2) is 40.6 Å². The smallest absolute Gasteiger partial charge is 0.386 e. The fourth-order valence-electron chi connectivity index (χ4n) is 2.87. The van der Waals surface area contributed by atoms with Crippen molar-refractivity contribution in [3.05, 3.63) is 52.4 Å². The van der Waals surface area contributed by atoms with Crippen LogP contribution in [0.5, 0.6) is 0 Å². The van der Waals surface area contributed by atoms with Crippen LogP contribution >= 0.6 is 11.3 Å². The Kier molecular flexibility index (Phi) is 8.65. The number of likely N-dealkylation sites (N-methyl/N-ethyl adjacent to an activating group) is 1. The predicted molar refractivity (Wildman–Crippen MR) is 120 cm³/mol. The second-order valence-corrected chi connectivity index (χ2v) is 11.5. The molecule has 1 aromatic carbocycles. The summed E-state index contributed by atoms with van der Waals surface area (Å²) in [7, 11) is 0.991. The largest absolute Gasteiger partial charge is 0.491 e. The molecule has 184 valence electrons. The van der Waals surface area contributed by atoms with Crippen molar-refractivity contribution >= 4 is 33.3 Å². The van der Waals surface area contributed by atoms with Gasteiger partial charge >= 0.3 is 18.1 Å². The zero-order valence-corrected chi connectivity index (χ0v) is 20.5. The Morgan fingerprint density at radius 2 is 1.82 bits per heavy atom. The SMILES string of the molecule is Cc1cccc(C#Cc2ccc(S(=O)(=O)N[C@H](CC(=O)OC(=O)C(F)(F)F)C[N+](C)(C)C)s2)c1. The summed E-state index contributed by atoms with van der Waals surface area (Å²) in [6.45, 7) is 1.97. The number of nitrogens with zero attached hydrogens (tertiary/aromatic N) is 1. The van der Waals surface area contributed by atoms with E-state index in [0.29, 0.717) is 4.88 Å². The van der Waals surface area contributed by atoms with Crippen LogP contribution in [0.4, 0.5) is 13.2 Å². The number of hydrogen-bond acceptors (Lipinski definition) is 6. The van der Waals surface area contributed by atoms with Gasteiger partial charge < -0.3 is 9.22 Å². The summed E-state index contributed by atoms with van der Waals surface area (Å²) in [5, 5.41) is 0. The molecule has 2 rings (SSSR count). The second-order valence-electron chi connectivity index (χ2n) is 8.49. The number of esters is 2. The van der Waals surface area contributed by atoms with Gasteiger partial charge in [-0.2, -0.15) is 13.2 Å². The van der Waals surface area contributed by atoms with Crippen LogP contribution in [0, 0.1) is 18.8 Å². The number of aryl methyl sites for hydroxylation is 1. The number of thiophene rings is 1. The van der Waals surface area contributed by atoms with E-state index in [4.69, 9.17) is 0 Å². The summed E-state index contributed by atoms with van der Waals surface area (Å²) in [4.78, 5) is 23.3. The maximum Gasteiger partial charge on any atom is 0.491 e. The third-order valence-corrected chi connectivity index (χ3v) is 7.15. The molecule has 0 bridgehead atoms. The molecular weight excluding hydrogens is 493 g/mol. The number of alkyl halides is 3. The van der Waals surface area contributed by atoms with E-state index in [1.165, 1.54) is 12.1 Å². The van der Waals surface area contributed by atoms with Gasteiger partial charge in [-0.3, -0.25) is 4.79 Å². The topological polar surface area (TPSA) is 89.5 Å². The summed E-state index contributed by atoms with van der Waals surface area (Å²) < 4.78 is 69.0. The molecule has 1 atom stereocenters. The average molecular weight is 518 g/mol. The van der Waals surface area contributed by atoms with E-state index >= 15 is 0 Å². The maximum absolute atomic E-state index is 12.9. The molecule has 0 aliphatic carbocycles. The van der Waals surface area contributed by atoms with Gasteiger partial charge in [-0.25, -0.2) is 17.9 Å². The van der Waals surface area contributed by atoms with E-state index in [9.17, 15) is 31.2 Å². The number of hydrogen-bond donors (Lipinski definition) is 1. The molecule has 1 aromatic heterocycles. The summed E-state index contributed by atoms with van der Waals surface area (Å²) in [5.41, 5.74) is 1.80. The fourth-order valence-corrected chi connectivity index (χ4v) is 5.28. The Hall–Kier alpha value is -2.72. The molecule has 7 nitrogen and oxygen atoms in total. The first-order valence-corrected chi connectivity index (χ1v) is 12.2. The van der Waals surface area contributed by atoms with Crippen LogP contribution in [0.1, 0.15) is 22.4 Å². The van der Waals surface area contributed by atoms with Gasteiger partial charge in [0.2, 0.25) is 0 Å². The molecule has 0 aliphatic rings. The summed E-state index contributed by atoms with van der Waals surface area (Å²) in [5.74, 6) is 1.71. The molecule has 0 spiro atoms. The van der Waals surface area contributed by atoms with Gasteiger partial charge in [0, 0.05) is 5.56 Å². The predicted octanol–water partition coefficient (Wildman–Crippen LogP) is 2.83. The molecule has 0 saturated carbocycles. The molecule has 1 N–H and O–H groups in total.